The molecule has 0 aliphatic carbocycles. The Kier molecular flexibility index (Phi) is 5.66. The number of hydrogen-bond acceptors (Lipinski definition) is 6. The van der Waals surface area contributed by atoms with Gasteiger partial charge >= 0.3 is 6.18 Å². The minimum Gasteiger partial charge on any atom is -0.491 e. The van der Waals surface area contributed by atoms with Crippen LogP contribution in [0.1, 0.15) is 30.3 Å². The summed E-state index contributed by atoms with van der Waals surface area (Å²) in [6.45, 7) is 6.04. The van der Waals surface area contributed by atoms with Gasteiger partial charge in [0, 0.05) is 0 Å². The van der Waals surface area contributed by atoms with Crippen molar-refractivity contribution in [3.63, 3.8) is 0 Å². The van der Waals surface area contributed by atoms with Crippen molar-refractivity contribution < 1.29 is 17.9 Å². The van der Waals surface area contributed by atoms with Crippen LogP contribution in [0.2, 0.25) is 0 Å². The zero-order valence-electron chi connectivity index (χ0n) is 14.2. The van der Waals surface area contributed by atoms with Crippen molar-refractivity contribution in [2.24, 2.45) is 0 Å². The second-order valence-electron chi connectivity index (χ2n) is 5.72. The van der Waals surface area contributed by atoms with E-state index in [0.29, 0.717) is 12.2 Å². The SMILES string of the molecule is CCC(COc1cc(C)cc(C)c1)Nc1nc(N)nc(C(F)(F)F)n1. The smallest absolute Gasteiger partial charge is 0.451 e. The van der Waals surface area contributed by atoms with E-state index >= 15 is 0 Å². The first kappa shape index (κ1) is 18.8. The first-order valence-electron chi connectivity index (χ1n) is 7.73. The average Bonchev–Trinajstić information content (AvgIpc) is 2.49. The number of alkyl halides is 3. The fraction of sp³-hybridized carbons (Fsp3) is 0.438. The lowest BCUT2D eigenvalue weighted by molar-refractivity contribution is -0.144. The maximum atomic E-state index is 12.8. The van der Waals surface area contributed by atoms with E-state index in [9.17, 15) is 13.2 Å². The third-order valence-corrected chi connectivity index (χ3v) is 3.38. The maximum absolute atomic E-state index is 12.8. The van der Waals surface area contributed by atoms with E-state index in [1.54, 1.807) is 0 Å². The number of nitrogens with one attached hydrogen (secondary N) is 1. The van der Waals surface area contributed by atoms with Crippen molar-refractivity contribution >= 4 is 11.9 Å². The fourth-order valence-electron chi connectivity index (χ4n) is 2.24. The first-order chi connectivity index (χ1) is 11.7. The summed E-state index contributed by atoms with van der Waals surface area (Å²) in [6.07, 6.45) is -4.09. The van der Waals surface area contributed by atoms with Gasteiger partial charge in [0.1, 0.15) is 12.4 Å². The molecule has 1 atom stereocenters. The predicted molar refractivity (Wildman–Crippen MR) is 88.4 cm³/mol. The number of anilines is 2. The van der Waals surface area contributed by atoms with Gasteiger partial charge in [0.05, 0.1) is 6.04 Å². The highest BCUT2D eigenvalue weighted by atomic mass is 19.4. The normalized spacial score (nSPS) is 12.7. The molecule has 1 heterocycles. The molecule has 0 aliphatic heterocycles. The van der Waals surface area contributed by atoms with Gasteiger partial charge in [-0.25, -0.2) is 0 Å². The molecule has 0 radical (unpaired) electrons. The van der Waals surface area contributed by atoms with Gasteiger partial charge in [-0.3, -0.25) is 0 Å². The number of nitrogen functional groups attached to an aromatic ring is 1. The van der Waals surface area contributed by atoms with Crippen LogP contribution in [-0.4, -0.2) is 27.6 Å². The van der Waals surface area contributed by atoms with Crippen LogP contribution in [0.25, 0.3) is 0 Å². The van der Waals surface area contributed by atoms with Gasteiger partial charge in [0.15, 0.2) is 0 Å². The van der Waals surface area contributed by atoms with Gasteiger partial charge in [-0.1, -0.05) is 13.0 Å². The molecule has 0 saturated heterocycles. The van der Waals surface area contributed by atoms with E-state index in [4.69, 9.17) is 10.5 Å². The molecule has 0 saturated carbocycles. The average molecular weight is 355 g/mol. The molecule has 1 aromatic carbocycles. The maximum Gasteiger partial charge on any atom is 0.451 e. The number of halogens is 3. The summed E-state index contributed by atoms with van der Waals surface area (Å²) >= 11 is 0. The zero-order valence-corrected chi connectivity index (χ0v) is 14.2. The quantitative estimate of drug-likeness (QED) is 0.826. The minimum atomic E-state index is -4.69. The molecule has 1 aromatic heterocycles. The highest BCUT2D eigenvalue weighted by molar-refractivity contribution is 5.34. The number of aromatic nitrogens is 3. The Morgan fingerprint density at radius 1 is 1.12 bits per heavy atom. The van der Waals surface area contributed by atoms with Crippen molar-refractivity contribution in [1.29, 1.82) is 0 Å². The topological polar surface area (TPSA) is 86.0 Å². The van der Waals surface area contributed by atoms with Crippen molar-refractivity contribution in [1.82, 2.24) is 15.0 Å². The summed E-state index contributed by atoms with van der Waals surface area (Å²) in [4.78, 5) is 10.2. The summed E-state index contributed by atoms with van der Waals surface area (Å²) in [6, 6.07) is 5.52. The Hall–Kier alpha value is -2.58. The van der Waals surface area contributed by atoms with Gasteiger partial charge in [-0.2, -0.15) is 28.1 Å². The molecule has 9 heteroatoms. The Labute approximate surface area is 143 Å². The van der Waals surface area contributed by atoms with Crippen LogP contribution in [0.5, 0.6) is 5.75 Å². The number of nitrogens with two attached hydrogens (primary N) is 1. The van der Waals surface area contributed by atoms with Crippen LogP contribution < -0.4 is 15.8 Å². The molecule has 0 spiro atoms. The lowest BCUT2D eigenvalue weighted by Crippen LogP contribution is -2.28. The van der Waals surface area contributed by atoms with Crippen LogP contribution >= 0.6 is 0 Å². The summed E-state index contributed by atoms with van der Waals surface area (Å²) < 4.78 is 44.0. The van der Waals surface area contributed by atoms with Crippen molar-refractivity contribution in [3.05, 3.63) is 35.2 Å². The van der Waals surface area contributed by atoms with Crippen LogP contribution in [0.15, 0.2) is 18.2 Å². The second-order valence-corrected chi connectivity index (χ2v) is 5.72. The summed E-state index contributed by atoms with van der Waals surface area (Å²) in [5.41, 5.74) is 7.47. The number of aryl methyl sites for hydroxylation is 2. The van der Waals surface area contributed by atoms with Gasteiger partial charge in [0.2, 0.25) is 17.7 Å². The molecule has 2 rings (SSSR count). The van der Waals surface area contributed by atoms with E-state index in [1.807, 2.05) is 39.0 Å². The Morgan fingerprint density at radius 2 is 1.76 bits per heavy atom. The highest BCUT2D eigenvalue weighted by Crippen LogP contribution is 2.27. The molecule has 6 nitrogen and oxygen atoms in total. The molecular weight excluding hydrogens is 335 g/mol. The zero-order chi connectivity index (χ0) is 18.6. The van der Waals surface area contributed by atoms with Crippen LogP contribution in [0.4, 0.5) is 25.1 Å². The molecule has 0 aliphatic rings. The van der Waals surface area contributed by atoms with Gasteiger partial charge in [0.25, 0.3) is 0 Å². The molecule has 1 unspecified atom stereocenters. The summed E-state index contributed by atoms with van der Waals surface area (Å²) in [7, 11) is 0. The minimum absolute atomic E-state index is 0.226. The van der Waals surface area contributed by atoms with Gasteiger partial charge in [-0.15, -0.1) is 0 Å². The fourth-order valence-corrected chi connectivity index (χ4v) is 2.24. The lowest BCUT2D eigenvalue weighted by atomic mass is 10.1. The molecule has 0 amide bonds. The number of ether oxygens (including phenoxy) is 1. The number of benzene rings is 1. The van der Waals surface area contributed by atoms with Gasteiger partial charge < -0.3 is 15.8 Å². The van der Waals surface area contributed by atoms with Crippen LogP contribution in [0, 0.1) is 13.8 Å². The number of hydrogen-bond donors (Lipinski definition) is 2. The summed E-state index contributed by atoms with van der Waals surface area (Å²) in [5, 5.41) is 2.81. The van der Waals surface area contributed by atoms with Crippen molar-refractivity contribution in [2.75, 3.05) is 17.7 Å². The summed E-state index contributed by atoms with van der Waals surface area (Å²) in [5.74, 6) is -1.35. The van der Waals surface area contributed by atoms with E-state index in [2.05, 4.69) is 20.3 Å². The Bertz CT molecular complexity index is 716. The van der Waals surface area contributed by atoms with Crippen LogP contribution in [0.3, 0.4) is 0 Å². The van der Waals surface area contributed by atoms with E-state index in [1.165, 1.54) is 0 Å². The highest BCUT2D eigenvalue weighted by Gasteiger charge is 2.35. The molecular formula is C16H20F3N5O. The monoisotopic (exact) mass is 355 g/mol. The molecule has 0 bridgehead atoms. The Balaban J connectivity index is 2.08. The number of nitrogens with zero attached hydrogens (tertiary/aromatic N) is 3. The standard InChI is InChI=1S/C16H20F3N5O/c1-4-11(8-25-12-6-9(2)5-10(3)7-12)21-15-23-13(16(17,18)19)22-14(20)24-15/h5-7,11H,4,8H2,1-3H3,(H3,20,21,22,23,24). The molecule has 0 fully saturated rings. The van der Waals surface area contributed by atoms with E-state index < -0.39 is 17.9 Å². The molecule has 3 N–H and O–H groups in total. The lowest BCUT2D eigenvalue weighted by Gasteiger charge is -2.18. The van der Waals surface area contributed by atoms with E-state index in [0.717, 1.165) is 11.1 Å². The predicted octanol–water partition coefficient (Wildman–Crippen LogP) is 3.36. The van der Waals surface area contributed by atoms with Crippen LogP contribution in [-0.2, 0) is 6.18 Å². The third kappa shape index (κ3) is 5.47. The van der Waals surface area contributed by atoms with Gasteiger partial charge in [-0.05, 0) is 43.5 Å². The molecule has 2 aromatic rings. The van der Waals surface area contributed by atoms with Crippen molar-refractivity contribution in [2.45, 2.75) is 39.4 Å². The first-order valence-corrected chi connectivity index (χ1v) is 7.73. The largest absolute Gasteiger partial charge is 0.491 e. The molecule has 25 heavy (non-hydrogen) atoms. The van der Waals surface area contributed by atoms with Crippen molar-refractivity contribution in [3.8, 4) is 5.75 Å². The van der Waals surface area contributed by atoms with E-state index in [-0.39, 0.29) is 18.6 Å². The number of rotatable bonds is 6. The molecule has 136 valence electrons. The Morgan fingerprint density at radius 3 is 2.32 bits per heavy atom. The third-order valence-electron chi connectivity index (χ3n) is 3.38. The second kappa shape index (κ2) is 7.54.